The Morgan fingerprint density at radius 2 is 1.91 bits per heavy atom. The average Bonchev–Trinajstić information content (AvgIpc) is 2.41. The number of ether oxygens (including phenoxy) is 1. The maximum atomic E-state index is 13.9. The number of amides is 1. The van der Waals surface area contributed by atoms with Gasteiger partial charge in [-0.05, 0) is 52.2 Å². The fourth-order valence-electron chi connectivity index (χ4n) is 2.42. The average molecular weight is 305 g/mol. The summed E-state index contributed by atoms with van der Waals surface area (Å²) < 4.78 is 19.2. The number of rotatable bonds is 1. The van der Waals surface area contributed by atoms with Gasteiger partial charge in [-0.2, -0.15) is 0 Å². The van der Waals surface area contributed by atoms with Crippen LogP contribution in [0.25, 0.3) is 6.08 Å². The van der Waals surface area contributed by atoms with Crippen molar-refractivity contribution in [1.82, 2.24) is 4.90 Å². The first-order valence-electron chi connectivity index (χ1n) is 7.68. The predicted molar refractivity (Wildman–Crippen MR) is 86.2 cm³/mol. The van der Waals surface area contributed by atoms with Crippen molar-refractivity contribution in [2.24, 2.45) is 0 Å². The molecule has 0 aliphatic carbocycles. The van der Waals surface area contributed by atoms with Gasteiger partial charge in [-0.1, -0.05) is 23.8 Å². The van der Waals surface area contributed by atoms with Crippen LogP contribution in [0.1, 0.15) is 44.7 Å². The first-order valence-corrected chi connectivity index (χ1v) is 7.68. The van der Waals surface area contributed by atoms with Crippen LogP contribution in [0, 0.1) is 12.7 Å². The molecule has 22 heavy (non-hydrogen) atoms. The lowest BCUT2D eigenvalue weighted by Gasteiger charge is -2.31. The quantitative estimate of drug-likeness (QED) is 0.762. The Bertz CT molecular complexity index is 577. The molecule has 1 saturated heterocycles. The van der Waals surface area contributed by atoms with Crippen LogP contribution in [0.4, 0.5) is 9.18 Å². The topological polar surface area (TPSA) is 29.5 Å². The zero-order valence-electron chi connectivity index (χ0n) is 13.8. The Balaban J connectivity index is 1.97. The molecule has 2 rings (SSSR count). The van der Waals surface area contributed by atoms with E-state index in [9.17, 15) is 9.18 Å². The number of hydrogen-bond acceptors (Lipinski definition) is 2. The van der Waals surface area contributed by atoms with Gasteiger partial charge in [0.05, 0.1) is 0 Å². The van der Waals surface area contributed by atoms with Gasteiger partial charge in [0.25, 0.3) is 0 Å². The molecule has 1 heterocycles. The van der Waals surface area contributed by atoms with E-state index in [-0.39, 0.29) is 11.9 Å². The smallest absolute Gasteiger partial charge is 0.410 e. The van der Waals surface area contributed by atoms with E-state index in [4.69, 9.17) is 4.74 Å². The van der Waals surface area contributed by atoms with Crippen molar-refractivity contribution in [3.8, 4) is 0 Å². The van der Waals surface area contributed by atoms with Crippen LogP contribution in [-0.4, -0.2) is 29.7 Å². The van der Waals surface area contributed by atoms with Crippen molar-refractivity contribution in [2.75, 3.05) is 13.1 Å². The van der Waals surface area contributed by atoms with Crippen LogP contribution < -0.4 is 0 Å². The van der Waals surface area contributed by atoms with E-state index in [0.717, 1.165) is 18.4 Å². The third-order valence-corrected chi connectivity index (χ3v) is 3.57. The van der Waals surface area contributed by atoms with Crippen molar-refractivity contribution < 1.29 is 13.9 Å². The molecule has 0 bridgehead atoms. The number of nitrogens with zero attached hydrogens (tertiary/aromatic N) is 1. The summed E-state index contributed by atoms with van der Waals surface area (Å²) in [5.41, 5.74) is 2.23. The molecule has 4 heteroatoms. The van der Waals surface area contributed by atoms with Crippen molar-refractivity contribution in [3.63, 3.8) is 0 Å². The highest BCUT2D eigenvalue weighted by molar-refractivity contribution is 5.68. The monoisotopic (exact) mass is 305 g/mol. The van der Waals surface area contributed by atoms with Crippen molar-refractivity contribution in [1.29, 1.82) is 0 Å². The van der Waals surface area contributed by atoms with Gasteiger partial charge < -0.3 is 9.64 Å². The number of carbonyl (C=O) groups is 1. The highest BCUT2D eigenvalue weighted by Crippen LogP contribution is 2.22. The molecule has 3 nitrogen and oxygen atoms in total. The van der Waals surface area contributed by atoms with Crippen LogP contribution >= 0.6 is 0 Å². The first-order chi connectivity index (χ1) is 10.2. The lowest BCUT2D eigenvalue weighted by molar-refractivity contribution is 0.0237. The highest BCUT2D eigenvalue weighted by Gasteiger charge is 2.24. The maximum Gasteiger partial charge on any atom is 0.410 e. The van der Waals surface area contributed by atoms with Gasteiger partial charge in [0, 0.05) is 18.7 Å². The van der Waals surface area contributed by atoms with Crippen LogP contribution in [-0.2, 0) is 4.74 Å². The number of halogens is 1. The lowest BCUT2D eigenvalue weighted by atomic mass is 10.0. The van der Waals surface area contributed by atoms with E-state index >= 15 is 0 Å². The second-order valence-electron chi connectivity index (χ2n) is 6.79. The van der Waals surface area contributed by atoms with Gasteiger partial charge in [-0.25, -0.2) is 9.18 Å². The second-order valence-corrected chi connectivity index (χ2v) is 6.79. The Kier molecular flexibility index (Phi) is 4.89. The van der Waals surface area contributed by atoms with Crippen molar-refractivity contribution >= 4 is 12.2 Å². The molecule has 1 aliphatic rings. The molecule has 1 fully saturated rings. The molecule has 0 saturated carbocycles. The maximum absolute atomic E-state index is 13.9. The molecule has 1 amide bonds. The molecule has 0 aromatic heterocycles. The molecule has 1 aliphatic heterocycles. The molecule has 0 radical (unpaired) electrons. The molecule has 120 valence electrons. The molecule has 0 unspecified atom stereocenters. The van der Waals surface area contributed by atoms with Crippen LogP contribution in [0.5, 0.6) is 0 Å². The van der Waals surface area contributed by atoms with Gasteiger partial charge in [0.15, 0.2) is 0 Å². The van der Waals surface area contributed by atoms with E-state index < -0.39 is 5.60 Å². The summed E-state index contributed by atoms with van der Waals surface area (Å²) in [5, 5.41) is 0. The summed E-state index contributed by atoms with van der Waals surface area (Å²) in [6.45, 7) is 8.70. The fraction of sp³-hybridized carbons (Fsp3) is 0.500. The molecular formula is C18H24FNO2. The van der Waals surface area contributed by atoms with E-state index in [1.807, 2.05) is 39.8 Å². The molecule has 1 aromatic carbocycles. The van der Waals surface area contributed by atoms with Gasteiger partial charge >= 0.3 is 6.09 Å². The number of piperidine rings is 1. The van der Waals surface area contributed by atoms with E-state index in [1.54, 1.807) is 17.0 Å². The zero-order valence-corrected chi connectivity index (χ0v) is 13.8. The second kappa shape index (κ2) is 6.51. The van der Waals surface area contributed by atoms with Gasteiger partial charge in [-0.3, -0.25) is 0 Å². The van der Waals surface area contributed by atoms with E-state index in [2.05, 4.69) is 0 Å². The Hall–Kier alpha value is -1.84. The molecule has 0 spiro atoms. The highest BCUT2D eigenvalue weighted by atomic mass is 19.1. The van der Waals surface area contributed by atoms with Crippen molar-refractivity contribution in [3.05, 3.63) is 40.7 Å². The van der Waals surface area contributed by atoms with Crippen molar-refractivity contribution in [2.45, 2.75) is 46.1 Å². The summed E-state index contributed by atoms with van der Waals surface area (Å²) >= 11 is 0. The summed E-state index contributed by atoms with van der Waals surface area (Å²) in [7, 11) is 0. The molecule has 0 atom stereocenters. The standard InChI is InChI=1S/C18H24FNO2/c1-13-5-6-15(16(19)11-13)12-14-7-9-20(10-8-14)17(21)22-18(2,3)4/h5-6,11-12H,7-10H2,1-4H3. The van der Waals surface area contributed by atoms with Gasteiger partial charge in [-0.15, -0.1) is 0 Å². The van der Waals surface area contributed by atoms with Gasteiger partial charge in [0.1, 0.15) is 11.4 Å². The number of aryl methyl sites for hydroxylation is 1. The van der Waals surface area contributed by atoms with Crippen LogP contribution in [0.15, 0.2) is 23.8 Å². The summed E-state index contributed by atoms with van der Waals surface area (Å²) in [4.78, 5) is 13.7. The summed E-state index contributed by atoms with van der Waals surface area (Å²) in [6, 6.07) is 5.26. The fourth-order valence-corrected chi connectivity index (χ4v) is 2.42. The third kappa shape index (κ3) is 4.58. The Morgan fingerprint density at radius 1 is 1.27 bits per heavy atom. The predicted octanol–water partition coefficient (Wildman–Crippen LogP) is 4.55. The minimum Gasteiger partial charge on any atom is -0.444 e. The third-order valence-electron chi connectivity index (χ3n) is 3.57. The number of carbonyl (C=O) groups excluding carboxylic acids is 1. The summed E-state index contributed by atoms with van der Waals surface area (Å²) in [5.74, 6) is -0.193. The molecule has 1 aromatic rings. The SMILES string of the molecule is Cc1ccc(C=C2CCN(C(=O)OC(C)(C)C)CC2)c(F)c1. The molecular weight excluding hydrogens is 281 g/mol. The normalized spacial score (nSPS) is 15.7. The largest absolute Gasteiger partial charge is 0.444 e. The van der Waals surface area contributed by atoms with E-state index in [1.165, 1.54) is 5.57 Å². The zero-order chi connectivity index (χ0) is 16.3. The Labute approximate surface area is 131 Å². The summed E-state index contributed by atoms with van der Waals surface area (Å²) in [6.07, 6.45) is 3.15. The molecule has 0 N–H and O–H groups in total. The minimum absolute atomic E-state index is 0.193. The number of hydrogen-bond donors (Lipinski definition) is 0. The lowest BCUT2D eigenvalue weighted by Crippen LogP contribution is -2.40. The van der Waals surface area contributed by atoms with Crippen LogP contribution in [0.2, 0.25) is 0 Å². The van der Waals surface area contributed by atoms with E-state index in [0.29, 0.717) is 18.7 Å². The number of likely N-dealkylation sites (tertiary alicyclic amines) is 1. The van der Waals surface area contributed by atoms with Crippen LogP contribution in [0.3, 0.4) is 0 Å². The first kappa shape index (κ1) is 16.5. The number of benzene rings is 1. The minimum atomic E-state index is -0.474. The van der Waals surface area contributed by atoms with Gasteiger partial charge in [0.2, 0.25) is 0 Å². The Morgan fingerprint density at radius 3 is 2.45 bits per heavy atom.